The highest BCUT2D eigenvalue weighted by atomic mass is 16.6. The van der Waals surface area contributed by atoms with Crippen molar-refractivity contribution in [3.8, 4) is 0 Å². The summed E-state index contributed by atoms with van der Waals surface area (Å²) in [6.45, 7) is 6.55. The van der Waals surface area contributed by atoms with E-state index in [0.717, 1.165) is 51.4 Å². The largest absolute Gasteiger partial charge is 0.462 e. The molecule has 0 saturated heterocycles. The molecule has 0 aliphatic heterocycles. The summed E-state index contributed by atoms with van der Waals surface area (Å²) < 4.78 is 16.6. The van der Waals surface area contributed by atoms with Crippen molar-refractivity contribution in [2.45, 2.75) is 226 Å². The molecule has 0 aromatic heterocycles. The SMILES string of the molecule is CCCCCC/C=C\CCCC(=O)OC(COC(=O)CCCCCCCCCCC)COC(=O)CCCCCCCCCCCCCC. The maximum Gasteiger partial charge on any atom is 0.306 e. The summed E-state index contributed by atoms with van der Waals surface area (Å²) in [4.78, 5) is 37.4. The molecule has 0 aliphatic carbocycles. The molecule has 48 heavy (non-hydrogen) atoms. The van der Waals surface area contributed by atoms with Crippen molar-refractivity contribution in [3.05, 3.63) is 12.2 Å². The highest BCUT2D eigenvalue weighted by Crippen LogP contribution is 2.14. The number of hydrogen-bond acceptors (Lipinski definition) is 6. The van der Waals surface area contributed by atoms with Gasteiger partial charge in [0.15, 0.2) is 6.10 Å². The van der Waals surface area contributed by atoms with Gasteiger partial charge in [-0.1, -0.05) is 174 Å². The Balaban J connectivity index is 4.35. The molecular weight excluding hydrogens is 600 g/mol. The minimum absolute atomic E-state index is 0.0776. The van der Waals surface area contributed by atoms with Crippen LogP contribution in [0.5, 0.6) is 0 Å². The van der Waals surface area contributed by atoms with E-state index < -0.39 is 6.10 Å². The second kappa shape index (κ2) is 38.0. The number of esters is 3. The lowest BCUT2D eigenvalue weighted by atomic mass is 10.0. The summed E-state index contributed by atoms with van der Waals surface area (Å²) in [6.07, 6.45) is 37.7. The molecular formula is C42H78O6. The molecule has 0 saturated carbocycles. The molecule has 0 spiro atoms. The highest BCUT2D eigenvalue weighted by molar-refractivity contribution is 5.71. The number of hydrogen-bond donors (Lipinski definition) is 0. The molecule has 0 aliphatic rings. The Morgan fingerprint density at radius 3 is 1.10 bits per heavy atom. The third kappa shape index (κ3) is 35.5. The Kier molecular flexibility index (Phi) is 36.5. The minimum atomic E-state index is -0.774. The van der Waals surface area contributed by atoms with Crippen LogP contribution in [-0.4, -0.2) is 37.2 Å². The van der Waals surface area contributed by atoms with E-state index in [1.807, 2.05) is 0 Å². The summed E-state index contributed by atoms with van der Waals surface area (Å²) in [5, 5.41) is 0. The van der Waals surface area contributed by atoms with Gasteiger partial charge in [0.25, 0.3) is 0 Å². The van der Waals surface area contributed by atoms with Gasteiger partial charge in [-0.05, 0) is 38.5 Å². The van der Waals surface area contributed by atoms with Crippen molar-refractivity contribution in [2.75, 3.05) is 13.2 Å². The first-order valence-corrected chi connectivity index (χ1v) is 20.7. The number of carbonyl (C=O) groups is 3. The molecule has 6 heteroatoms. The molecule has 282 valence electrons. The maximum absolute atomic E-state index is 12.6. The van der Waals surface area contributed by atoms with Crippen LogP contribution in [0.1, 0.15) is 220 Å². The van der Waals surface area contributed by atoms with Gasteiger partial charge in [-0.3, -0.25) is 14.4 Å². The van der Waals surface area contributed by atoms with E-state index in [1.165, 1.54) is 122 Å². The average molecular weight is 679 g/mol. The zero-order valence-electron chi connectivity index (χ0n) is 32.0. The molecule has 0 aromatic rings. The van der Waals surface area contributed by atoms with Gasteiger partial charge in [-0.25, -0.2) is 0 Å². The Morgan fingerprint density at radius 2 is 0.708 bits per heavy atom. The van der Waals surface area contributed by atoms with Crippen molar-refractivity contribution in [1.29, 1.82) is 0 Å². The van der Waals surface area contributed by atoms with Gasteiger partial charge in [0.2, 0.25) is 0 Å². The van der Waals surface area contributed by atoms with Gasteiger partial charge >= 0.3 is 17.9 Å². The first kappa shape index (κ1) is 46.1. The predicted octanol–water partition coefficient (Wildman–Crippen LogP) is 12.7. The van der Waals surface area contributed by atoms with Crippen LogP contribution in [0.2, 0.25) is 0 Å². The van der Waals surface area contributed by atoms with Crippen molar-refractivity contribution in [1.82, 2.24) is 0 Å². The summed E-state index contributed by atoms with van der Waals surface area (Å²) in [5.41, 5.74) is 0. The third-order valence-corrected chi connectivity index (χ3v) is 9.02. The lowest BCUT2D eigenvalue weighted by Crippen LogP contribution is -2.30. The first-order valence-electron chi connectivity index (χ1n) is 20.7. The van der Waals surface area contributed by atoms with E-state index in [-0.39, 0.29) is 37.5 Å². The smallest absolute Gasteiger partial charge is 0.306 e. The van der Waals surface area contributed by atoms with Gasteiger partial charge in [0.05, 0.1) is 0 Å². The summed E-state index contributed by atoms with van der Waals surface area (Å²) in [5.74, 6) is -0.914. The number of ether oxygens (including phenoxy) is 3. The van der Waals surface area contributed by atoms with Crippen molar-refractivity contribution in [2.24, 2.45) is 0 Å². The molecule has 0 aromatic carbocycles. The van der Waals surface area contributed by atoms with Crippen LogP contribution < -0.4 is 0 Å². The van der Waals surface area contributed by atoms with Gasteiger partial charge in [-0.2, -0.15) is 0 Å². The zero-order valence-corrected chi connectivity index (χ0v) is 32.0. The van der Waals surface area contributed by atoms with E-state index in [9.17, 15) is 14.4 Å². The van der Waals surface area contributed by atoms with Crippen LogP contribution in [0.25, 0.3) is 0 Å². The molecule has 1 atom stereocenters. The standard InChI is InChI=1S/C42H78O6/c1-4-7-10-13-16-19-20-21-24-26-29-32-35-41(44)47-38-39(48-42(45)36-33-30-27-23-18-15-12-9-6-3)37-46-40(43)34-31-28-25-22-17-14-11-8-5-2/h23,27,39H,4-22,24-26,28-38H2,1-3H3/b27-23-. The van der Waals surface area contributed by atoms with E-state index in [2.05, 4.69) is 32.9 Å². The van der Waals surface area contributed by atoms with Crippen LogP contribution in [0.4, 0.5) is 0 Å². The highest BCUT2D eigenvalue weighted by Gasteiger charge is 2.19. The molecule has 0 rings (SSSR count). The lowest BCUT2D eigenvalue weighted by molar-refractivity contribution is -0.167. The Morgan fingerprint density at radius 1 is 0.396 bits per heavy atom. The molecule has 0 fully saturated rings. The average Bonchev–Trinajstić information content (AvgIpc) is 3.08. The normalized spacial score (nSPS) is 12.0. The molecule has 1 unspecified atom stereocenters. The van der Waals surface area contributed by atoms with Crippen LogP contribution in [-0.2, 0) is 28.6 Å². The van der Waals surface area contributed by atoms with E-state index in [1.54, 1.807) is 0 Å². The maximum atomic E-state index is 12.6. The van der Waals surface area contributed by atoms with E-state index in [4.69, 9.17) is 14.2 Å². The fourth-order valence-electron chi connectivity index (χ4n) is 5.86. The minimum Gasteiger partial charge on any atom is -0.462 e. The van der Waals surface area contributed by atoms with Gasteiger partial charge < -0.3 is 14.2 Å². The quantitative estimate of drug-likeness (QED) is 0.0282. The second-order valence-electron chi connectivity index (χ2n) is 13.9. The molecule has 0 radical (unpaired) electrons. The van der Waals surface area contributed by atoms with Crippen LogP contribution in [0.15, 0.2) is 12.2 Å². The van der Waals surface area contributed by atoms with Crippen LogP contribution in [0, 0.1) is 0 Å². The molecule has 0 N–H and O–H groups in total. The van der Waals surface area contributed by atoms with Gasteiger partial charge in [0, 0.05) is 19.3 Å². The molecule has 6 nitrogen and oxygen atoms in total. The molecule has 0 heterocycles. The second-order valence-corrected chi connectivity index (χ2v) is 13.9. The summed E-state index contributed by atoms with van der Waals surface area (Å²) >= 11 is 0. The Labute approximate surface area is 297 Å². The number of rotatable bonds is 37. The lowest BCUT2D eigenvalue weighted by Gasteiger charge is -2.18. The third-order valence-electron chi connectivity index (χ3n) is 9.02. The Hall–Kier alpha value is -1.85. The number of unbranched alkanes of at least 4 members (excludes halogenated alkanes) is 24. The fourth-order valence-corrected chi connectivity index (χ4v) is 5.86. The van der Waals surface area contributed by atoms with Crippen molar-refractivity contribution in [3.63, 3.8) is 0 Å². The zero-order chi connectivity index (χ0) is 35.2. The van der Waals surface area contributed by atoms with Crippen LogP contribution >= 0.6 is 0 Å². The van der Waals surface area contributed by atoms with Gasteiger partial charge in [0.1, 0.15) is 13.2 Å². The van der Waals surface area contributed by atoms with Crippen LogP contribution in [0.3, 0.4) is 0 Å². The number of allylic oxidation sites excluding steroid dienone is 2. The van der Waals surface area contributed by atoms with Crippen molar-refractivity contribution < 1.29 is 28.6 Å². The fraction of sp³-hybridized carbons (Fsp3) is 0.881. The molecule has 0 bridgehead atoms. The summed E-state index contributed by atoms with van der Waals surface area (Å²) in [6, 6.07) is 0. The predicted molar refractivity (Wildman–Crippen MR) is 201 cm³/mol. The summed E-state index contributed by atoms with van der Waals surface area (Å²) in [7, 11) is 0. The molecule has 0 amide bonds. The monoisotopic (exact) mass is 679 g/mol. The topological polar surface area (TPSA) is 78.9 Å². The first-order chi connectivity index (χ1) is 23.5. The van der Waals surface area contributed by atoms with Crippen molar-refractivity contribution >= 4 is 17.9 Å². The van der Waals surface area contributed by atoms with Gasteiger partial charge in [-0.15, -0.1) is 0 Å². The van der Waals surface area contributed by atoms with E-state index in [0.29, 0.717) is 19.3 Å². The number of carbonyl (C=O) groups excluding carboxylic acids is 3. The van der Waals surface area contributed by atoms with E-state index >= 15 is 0 Å². The Bertz CT molecular complexity index is 748.